The molecule has 0 saturated carbocycles. The fourth-order valence-electron chi connectivity index (χ4n) is 3.93. The van der Waals surface area contributed by atoms with Crippen molar-refractivity contribution >= 4 is 17.9 Å². The second-order valence-corrected chi connectivity index (χ2v) is 9.89. The predicted octanol–water partition coefficient (Wildman–Crippen LogP) is 2.63. The van der Waals surface area contributed by atoms with Gasteiger partial charge in [-0.05, 0) is 46.8 Å². The zero-order valence-electron chi connectivity index (χ0n) is 15.9. The Morgan fingerprint density at radius 3 is 2.76 bits per heavy atom. The summed E-state index contributed by atoms with van der Waals surface area (Å²) in [6.07, 6.45) is 0.588. The lowest BCUT2D eigenvalue weighted by Crippen LogP contribution is -2.46. The molecule has 0 bridgehead atoms. The fourth-order valence-corrected chi connectivity index (χ4v) is 5.18. The fraction of sp³-hybridized carbons (Fsp3) is 0.944. The molecule has 0 aliphatic carbocycles. The Kier molecular flexibility index (Phi) is 5.32. The van der Waals surface area contributed by atoms with Crippen molar-refractivity contribution in [3.8, 4) is 0 Å². The maximum atomic E-state index is 12.5. The van der Waals surface area contributed by atoms with Crippen molar-refractivity contribution in [2.24, 2.45) is 5.92 Å². The van der Waals surface area contributed by atoms with Crippen LogP contribution in [0.25, 0.3) is 0 Å². The summed E-state index contributed by atoms with van der Waals surface area (Å²) in [5.74, 6) is 2.28. The van der Waals surface area contributed by atoms with Crippen LogP contribution in [0.5, 0.6) is 0 Å². The average molecular weight is 374 g/mol. The lowest BCUT2D eigenvalue weighted by atomic mass is 9.94. The number of ether oxygens (including phenoxy) is 3. The molecule has 0 unspecified atom stereocenters. The Bertz CT molecular complexity index is 506. The van der Waals surface area contributed by atoms with Crippen LogP contribution in [0.2, 0.25) is 0 Å². The highest BCUT2D eigenvalue weighted by atomic mass is 32.2. The predicted molar refractivity (Wildman–Crippen MR) is 96.6 cm³/mol. The molecule has 5 atom stereocenters. The molecule has 1 N–H and O–H groups in total. The van der Waals surface area contributed by atoms with Gasteiger partial charge in [-0.3, -0.25) is 4.90 Å². The minimum Gasteiger partial charge on any atom is -0.444 e. The van der Waals surface area contributed by atoms with E-state index < -0.39 is 17.4 Å². The van der Waals surface area contributed by atoms with Crippen LogP contribution < -0.4 is 0 Å². The Morgan fingerprint density at radius 1 is 1.40 bits per heavy atom. The molecule has 25 heavy (non-hydrogen) atoms. The molecule has 144 valence electrons. The number of aliphatic hydroxyl groups excluding tert-OH is 1. The van der Waals surface area contributed by atoms with Gasteiger partial charge in [0.1, 0.15) is 11.3 Å². The standard InChI is InChI=1S/C18H31NO5S/c1-17(2,3)24-16(21)19-9-11(23-18(19,4)5)8-14-15(20)12-10-25-7-6-13(12)22-14/h11-15,20H,6-10H2,1-5H3/t11-,12-,13-,14+,15+/m0/s1. The average Bonchev–Trinajstić information content (AvgIpc) is 2.95. The third-order valence-electron chi connectivity index (χ3n) is 5.10. The first-order valence-electron chi connectivity index (χ1n) is 9.16. The quantitative estimate of drug-likeness (QED) is 0.803. The normalized spacial score (nSPS) is 37.8. The van der Waals surface area contributed by atoms with Crippen molar-refractivity contribution in [3.05, 3.63) is 0 Å². The van der Waals surface area contributed by atoms with Crippen molar-refractivity contribution in [3.63, 3.8) is 0 Å². The van der Waals surface area contributed by atoms with Gasteiger partial charge >= 0.3 is 6.09 Å². The van der Waals surface area contributed by atoms with Crippen LogP contribution in [0.15, 0.2) is 0 Å². The van der Waals surface area contributed by atoms with Crippen LogP contribution in [0.4, 0.5) is 4.79 Å². The summed E-state index contributed by atoms with van der Waals surface area (Å²) in [4.78, 5) is 14.1. The number of aliphatic hydroxyl groups is 1. The number of thioether (sulfide) groups is 1. The van der Waals surface area contributed by atoms with Crippen LogP contribution in [-0.4, -0.2) is 69.9 Å². The molecule has 3 saturated heterocycles. The third kappa shape index (κ3) is 4.26. The van der Waals surface area contributed by atoms with Crippen LogP contribution in [0, 0.1) is 5.92 Å². The molecule has 3 rings (SSSR count). The van der Waals surface area contributed by atoms with Gasteiger partial charge in [-0.25, -0.2) is 4.79 Å². The van der Waals surface area contributed by atoms with E-state index in [2.05, 4.69) is 0 Å². The largest absolute Gasteiger partial charge is 0.444 e. The maximum Gasteiger partial charge on any atom is 0.412 e. The molecule has 3 fully saturated rings. The van der Waals surface area contributed by atoms with Gasteiger partial charge in [0.15, 0.2) is 0 Å². The Balaban J connectivity index is 1.60. The summed E-state index contributed by atoms with van der Waals surface area (Å²) in [6, 6.07) is 0. The van der Waals surface area contributed by atoms with Crippen LogP contribution >= 0.6 is 11.8 Å². The molecule has 6 nitrogen and oxygen atoms in total. The van der Waals surface area contributed by atoms with E-state index in [-0.39, 0.29) is 30.3 Å². The molecule has 7 heteroatoms. The number of hydrogen-bond acceptors (Lipinski definition) is 6. The molecule has 0 aromatic carbocycles. The summed E-state index contributed by atoms with van der Waals surface area (Å²) in [5.41, 5.74) is -1.26. The van der Waals surface area contributed by atoms with Gasteiger partial charge in [0.2, 0.25) is 0 Å². The van der Waals surface area contributed by atoms with Gasteiger partial charge in [0.25, 0.3) is 0 Å². The number of hydrogen-bond donors (Lipinski definition) is 1. The van der Waals surface area contributed by atoms with Crippen LogP contribution in [0.3, 0.4) is 0 Å². The Labute approximate surface area is 154 Å². The first-order valence-corrected chi connectivity index (χ1v) is 10.3. The van der Waals surface area contributed by atoms with Gasteiger partial charge in [-0.2, -0.15) is 11.8 Å². The van der Waals surface area contributed by atoms with E-state index in [1.165, 1.54) is 0 Å². The van der Waals surface area contributed by atoms with E-state index >= 15 is 0 Å². The molecule has 0 aromatic heterocycles. The minimum absolute atomic E-state index is 0.157. The number of amides is 1. The van der Waals surface area contributed by atoms with Gasteiger partial charge < -0.3 is 19.3 Å². The van der Waals surface area contributed by atoms with Gasteiger partial charge in [-0.15, -0.1) is 0 Å². The smallest absolute Gasteiger partial charge is 0.412 e. The monoisotopic (exact) mass is 373 g/mol. The van der Waals surface area contributed by atoms with Crippen LogP contribution in [0.1, 0.15) is 47.5 Å². The zero-order chi connectivity index (χ0) is 18.4. The van der Waals surface area contributed by atoms with E-state index in [0.717, 1.165) is 17.9 Å². The molecule has 0 spiro atoms. The van der Waals surface area contributed by atoms with E-state index in [1.54, 1.807) is 4.90 Å². The molecule has 1 amide bonds. The van der Waals surface area contributed by atoms with Crippen molar-refractivity contribution in [2.75, 3.05) is 18.1 Å². The van der Waals surface area contributed by atoms with Gasteiger partial charge in [0.05, 0.1) is 31.0 Å². The van der Waals surface area contributed by atoms with Crippen molar-refractivity contribution in [2.45, 2.75) is 83.2 Å². The molecule has 3 aliphatic rings. The number of fused-ring (bicyclic) bond motifs is 1. The SMILES string of the molecule is CC(C)(C)OC(=O)N1C[C@H](C[C@H]2O[C@H]3CCSC[C@@H]3[C@H]2O)OC1(C)C. The first-order chi connectivity index (χ1) is 11.6. The van der Waals surface area contributed by atoms with E-state index in [0.29, 0.717) is 13.0 Å². The summed E-state index contributed by atoms with van der Waals surface area (Å²) in [6.45, 7) is 9.77. The van der Waals surface area contributed by atoms with Crippen molar-refractivity contribution < 1.29 is 24.1 Å². The molecule has 3 heterocycles. The Morgan fingerprint density at radius 2 is 2.12 bits per heavy atom. The molecule has 0 radical (unpaired) electrons. The third-order valence-corrected chi connectivity index (χ3v) is 6.25. The second-order valence-electron chi connectivity index (χ2n) is 8.74. The lowest BCUT2D eigenvalue weighted by Gasteiger charge is -2.31. The summed E-state index contributed by atoms with van der Waals surface area (Å²) < 4.78 is 17.7. The van der Waals surface area contributed by atoms with Crippen LogP contribution in [-0.2, 0) is 14.2 Å². The van der Waals surface area contributed by atoms with E-state index in [1.807, 2.05) is 46.4 Å². The van der Waals surface area contributed by atoms with E-state index in [9.17, 15) is 9.90 Å². The zero-order valence-corrected chi connectivity index (χ0v) is 16.7. The highest BCUT2D eigenvalue weighted by Crippen LogP contribution is 2.39. The highest BCUT2D eigenvalue weighted by molar-refractivity contribution is 7.99. The second kappa shape index (κ2) is 6.91. The topological polar surface area (TPSA) is 68.2 Å². The lowest BCUT2D eigenvalue weighted by molar-refractivity contribution is -0.0927. The highest BCUT2D eigenvalue weighted by Gasteiger charge is 2.49. The molecule has 3 aliphatic heterocycles. The Hall–Kier alpha value is -0.500. The number of carbonyl (C=O) groups is 1. The summed E-state index contributed by atoms with van der Waals surface area (Å²) >= 11 is 1.89. The first kappa shape index (κ1) is 19.3. The minimum atomic E-state index is -0.723. The number of rotatable bonds is 2. The number of carbonyl (C=O) groups excluding carboxylic acids is 1. The summed E-state index contributed by atoms with van der Waals surface area (Å²) in [7, 11) is 0. The molecular weight excluding hydrogens is 342 g/mol. The maximum absolute atomic E-state index is 12.5. The summed E-state index contributed by atoms with van der Waals surface area (Å²) in [5, 5.41) is 10.6. The van der Waals surface area contributed by atoms with Gasteiger partial charge in [0, 0.05) is 18.1 Å². The van der Waals surface area contributed by atoms with Crippen molar-refractivity contribution in [1.29, 1.82) is 0 Å². The molecular formula is C18H31NO5S. The van der Waals surface area contributed by atoms with Gasteiger partial charge in [-0.1, -0.05) is 0 Å². The van der Waals surface area contributed by atoms with E-state index in [4.69, 9.17) is 14.2 Å². The van der Waals surface area contributed by atoms with Crippen molar-refractivity contribution in [1.82, 2.24) is 4.90 Å². The molecule has 0 aromatic rings. The number of nitrogens with zero attached hydrogens (tertiary/aromatic N) is 1.